The van der Waals surface area contributed by atoms with Gasteiger partial charge in [0, 0.05) is 113 Å². The third-order valence-electron chi connectivity index (χ3n) is 26.2. The van der Waals surface area contributed by atoms with Gasteiger partial charge in [0.15, 0.2) is 0 Å². The molecule has 0 amide bonds. The number of para-hydroxylation sites is 4. The van der Waals surface area contributed by atoms with Crippen LogP contribution in [0.1, 0.15) is 0 Å². The molecule has 0 radical (unpaired) electrons. The van der Waals surface area contributed by atoms with Gasteiger partial charge in [-0.1, -0.05) is 388 Å². The van der Waals surface area contributed by atoms with E-state index in [4.69, 9.17) is 0 Å². The zero-order valence-electron chi connectivity index (χ0n) is 74.6. The van der Waals surface area contributed by atoms with Crippen LogP contribution in [0.15, 0.2) is 546 Å². The van der Waals surface area contributed by atoms with Crippen molar-refractivity contribution in [1.82, 2.24) is 9.97 Å². The first-order chi connectivity index (χ1) is 67.5. The van der Waals surface area contributed by atoms with E-state index in [1.807, 2.05) is 36.9 Å². The number of anilines is 12. The molecule has 0 aliphatic heterocycles. The Kier molecular flexibility index (Phi) is 22.4. The van der Waals surface area contributed by atoms with E-state index in [9.17, 15) is 0 Å². The average molecular weight is 1740 g/mol. The van der Waals surface area contributed by atoms with Gasteiger partial charge in [-0.05, 0) is 244 Å². The van der Waals surface area contributed by atoms with Crippen molar-refractivity contribution in [2.75, 3.05) is 19.6 Å². The van der Waals surface area contributed by atoms with Crippen molar-refractivity contribution in [3.63, 3.8) is 0 Å². The molecular formula is C130H90N6. The van der Waals surface area contributed by atoms with Gasteiger partial charge in [-0.15, -0.1) is 0 Å². The van der Waals surface area contributed by atoms with Crippen molar-refractivity contribution < 1.29 is 0 Å². The lowest BCUT2D eigenvalue weighted by atomic mass is 9.91. The standard InChI is InChI=1S/C70H48N2.C60H42N4/c1-5-19-49(20-6-1)55-39-45-65-67(47-55)69(71(57-27-9-3-10-28-57)59-41-35-53(36-42-59)63-33-17-25-51-23-13-15-31-61(51)63)66-46-40-56(50-21-7-2-8-22-50)48-68(66)70(65)72(58-29-11-4-12-30-58)60-43-37-54(38-44-60)64-34-18-26-52-24-14-16-32-62(52)64;1-5-15-43(16-6-1)47-29-35-55-57(39-47)59(63(51-21-9-3-10-22-51)53-31-25-45(26-32-53)49-19-13-37-61-41-49)56-36-30-48(44-17-7-2-8-18-44)40-58(56)60(55)64(52-23-11-4-12-24-52)54-33-27-46(28-34-54)50-20-14-38-62-42-50/h1-48H;1-42H. The Morgan fingerprint density at radius 2 is 0.331 bits per heavy atom. The summed E-state index contributed by atoms with van der Waals surface area (Å²) < 4.78 is 0. The van der Waals surface area contributed by atoms with Crippen molar-refractivity contribution >= 4 is 133 Å². The zero-order valence-corrected chi connectivity index (χ0v) is 74.6. The lowest BCUT2D eigenvalue weighted by Crippen LogP contribution is -2.14. The van der Waals surface area contributed by atoms with Gasteiger partial charge in [0.05, 0.1) is 22.7 Å². The summed E-state index contributed by atoms with van der Waals surface area (Å²) in [6, 6.07) is 189. The van der Waals surface area contributed by atoms with E-state index >= 15 is 0 Å². The Bertz CT molecular complexity index is 7870. The third kappa shape index (κ3) is 16.1. The maximum Gasteiger partial charge on any atom is 0.0620 e. The molecule has 0 bridgehead atoms. The largest absolute Gasteiger partial charge is 0.309 e. The summed E-state index contributed by atoms with van der Waals surface area (Å²) >= 11 is 0. The highest BCUT2D eigenvalue weighted by Crippen LogP contribution is 2.56. The summed E-state index contributed by atoms with van der Waals surface area (Å²) in [4.78, 5) is 18.7. The molecule has 0 aliphatic carbocycles. The van der Waals surface area contributed by atoms with E-state index < -0.39 is 0 Å². The van der Waals surface area contributed by atoms with Crippen molar-refractivity contribution in [2.45, 2.75) is 0 Å². The second kappa shape index (κ2) is 37.0. The van der Waals surface area contributed by atoms with Crippen molar-refractivity contribution in [3.05, 3.63) is 546 Å². The molecule has 0 saturated heterocycles. The molecule has 22 aromatic carbocycles. The number of aromatic nitrogens is 2. The number of nitrogens with zero attached hydrogens (tertiary/aromatic N) is 6. The molecule has 0 unspecified atom stereocenters. The van der Waals surface area contributed by atoms with Gasteiger partial charge in [-0.25, -0.2) is 0 Å². The number of rotatable bonds is 20. The SMILES string of the molecule is c1ccc(-c2ccc3c(N(c4ccccc4)c4ccc(-c5cccc6ccccc56)cc4)c4cc(-c5ccccc5)ccc4c(N(c4ccccc4)c4ccc(-c5cccc6ccccc56)cc4)c3c2)cc1.c1ccc(-c2ccc3c(N(c4ccccc4)c4ccc(-c5cccnc5)cc4)c4cc(-c5ccccc5)ccc4c(N(c4ccccc4)c4ccc(-c5cccnc5)cc4)c3c2)cc1. The van der Waals surface area contributed by atoms with E-state index in [-0.39, 0.29) is 0 Å². The highest BCUT2D eigenvalue weighted by Gasteiger charge is 2.31. The molecule has 0 atom stereocenters. The van der Waals surface area contributed by atoms with Gasteiger partial charge >= 0.3 is 0 Å². The highest BCUT2D eigenvalue weighted by atomic mass is 15.2. The number of hydrogen-bond donors (Lipinski definition) is 0. The van der Waals surface area contributed by atoms with Crippen LogP contribution >= 0.6 is 0 Å². The highest BCUT2D eigenvalue weighted by molar-refractivity contribution is 6.26. The lowest BCUT2D eigenvalue weighted by molar-refractivity contribution is 1.29. The second-order valence-electron chi connectivity index (χ2n) is 34.3. The Morgan fingerprint density at radius 3 is 0.588 bits per heavy atom. The van der Waals surface area contributed by atoms with Gasteiger partial charge in [0.2, 0.25) is 0 Å². The molecule has 0 N–H and O–H groups in total. The molecule has 6 nitrogen and oxygen atoms in total. The summed E-state index contributed by atoms with van der Waals surface area (Å²) in [5.41, 5.74) is 31.4. The van der Waals surface area contributed by atoms with Crippen LogP contribution in [0, 0.1) is 0 Å². The molecule has 136 heavy (non-hydrogen) atoms. The maximum absolute atomic E-state index is 4.41. The first-order valence-electron chi connectivity index (χ1n) is 46.4. The van der Waals surface area contributed by atoms with E-state index in [2.05, 4.69) is 539 Å². The maximum atomic E-state index is 4.41. The van der Waals surface area contributed by atoms with Crippen LogP contribution < -0.4 is 19.6 Å². The van der Waals surface area contributed by atoms with Crippen LogP contribution in [0.4, 0.5) is 68.2 Å². The van der Waals surface area contributed by atoms with Gasteiger partial charge in [-0.2, -0.15) is 0 Å². The Balaban J connectivity index is 0.000000154. The molecule has 24 rings (SSSR count). The molecule has 6 heteroatoms. The summed E-state index contributed by atoms with van der Waals surface area (Å²) in [7, 11) is 0. The predicted molar refractivity (Wildman–Crippen MR) is 576 cm³/mol. The predicted octanol–water partition coefficient (Wildman–Crippen LogP) is 36.3. The van der Waals surface area contributed by atoms with Crippen LogP contribution in [0.5, 0.6) is 0 Å². The minimum atomic E-state index is 1.05. The fourth-order valence-electron chi connectivity index (χ4n) is 19.7. The topological polar surface area (TPSA) is 38.7 Å². The van der Waals surface area contributed by atoms with Gasteiger partial charge in [0.25, 0.3) is 0 Å². The lowest BCUT2D eigenvalue weighted by Gasteiger charge is -2.33. The Labute approximate surface area is 792 Å². The molecule has 0 fully saturated rings. The van der Waals surface area contributed by atoms with Crippen LogP contribution in [-0.2, 0) is 0 Å². The number of fused-ring (bicyclic) bond motifs is 6. The minimum Gasteiger partial charge on any atom is -0.309 e. The number of pyridine rings is 2. The molecule has 0 saturated carbocycles. The second-order valence-corrected chi connectivity index (χ2v) is 34.3. The van der Waals surface area contributed by atoms with Gasteiger partial charge in [-0.3, -0.25) is 9.97 Å². The minimum absolute atomic E-state index is 1.05. The molecule has 2 heterocycles. The molecule has 640 valence electrons. The normalized spacial score (nSPS) is 11.2. The van der Waals surface area contributed by atoms with Crippen molar-refractivity contribution in [2.24, 2.45) is 0 Å². The number of hydrogen-bond acceptors (Lipinski definition) is 6. The zero-order chi connectivity index (χ0) is 90.5. The van der Waals surface area contributed by atoms with E-state index in [1.54, 1.807) is 0 Å². The van der Waals surface area contributed by atoms with Crippen LogP contribution in [-0.4, -0.2) is 9.97 Å². The van der Waals surface area contributed by atoms with Gasteiger partial charge < -0.3 is 19.6 Å². The van der Waals surface area contributed by atoms with Gasteiger partial charge in [0.1, 0.15) is 0 Å². The summed E-state index contributed by atoms with van der Waals surface area (Å²) in [6.45, 7) is 0. The molecular weight excluding hydrogens is 1650 g/mol. The molecule has 2 aromatic heterocycles. The molecule has 0 aliphatic rings. The Morgan fingerprint density at radius 1 is 0.125 bits per heavy atom. The summed E-state index contributed by atoms with van der Waals surface area (Å²) in [5, 5.41) is 14.0. The first kappa shape index (κ1) is 82.3. The fraction of sp³-hybridized carbons (Fsp3) is 0. The van der Waals surface area contributed by atoms with E-state index in [1.165, 1.54) is 54.9 Å². The third-order valence-corrected chi connectivity index (χ3v) is 26.2. The average Bonchev–Trinajstić information content (AvgIpc) is 0.718. The van der Waals surface area contributed by atoms with Crippen LogP contribution in [0.2, 0.25) is 0 Å². The monoisotopic (exact) mass is 1730 g/mol. The molecule has 24 aromatic rings. The summed E-state index contributed by atoms with van der Waals surface area (Å²) in [6.07, 6.45) is 7.48. The Hall–Kier alpha value is -18.1. The smallest absolute Gasteiger partial charge is 0.0620 e. The van der Waals surface area contributed by atoms with Crippen molar-refractivity contribution in [1.29, 1.82) is 0 Å². The van der Waals surface area contributed by atoms with E-state index in [0.717, 1.165) is 167 Å². The summed E-state index contributed by atoms with van der Waals surface area (Å²) in [5.74, 6) is 0. The quantitative estimate of drug-likeness (QED) is 0.0559. The molecule has 0 spiro atoms. The van der Waals surface area contributed by atoms with Crippen molar-refractivity contribution in [3.8, 4) is 89.0 Å². The number of benzene rings is 22. The van der Waals surface area contributed by atoms with Crippen LogP contribution in [0.3, 0.4) is 0 Å². The fourth-order valence-corrected chi connectivity index (χ4v) is 19.7. The first-order valence-corrected chi connectivity index (χ1v) is 46.4. The van der Waals surface area contributed by atoms with Crippen LogP contribution in [0.25, 0.3) is 154 Å². The van der Waals surface area contributed by atoms with E-state index in [0.29, 0.717) is 0 Å².